The highest BCUT2D eigenvalue weighted by Gasteiger charge is 2.25. The van der Waals surface area contributed by atoms with Crippen molar-refractivity contribution in [3.63, 3.8) is 0 Å². The number of aromatic nitrogens is 2. The number of methoxy groups -OCH3 is 1. The van der Waals surface area contributed by atoms with Crippen LogP contribution in [0.3, 0.4) is 0 Å². The maximum Gasteiger partial charge on any atom is 0.220 e. The normalized spacial score (nSPS) is 11.8. The fourth-order valence-corrected chi connectivity index (χ4v) is 4.89. The molecule has 0 aliphatic heterocycles. The molecule has 2 aromatic heterocycles. The first-order valence-electron chi connectivity index (χ1n) is 12.7. The van der Waals surface area contributed by atoms with Crippen LogP contribution in [0.25, 0.3) is 10.9 Å². The molecular weight excluding hydrogens is 477 g/mol. The molecular formula is C32H30FN3O2. The number of para-hydroxylation sites is 1. The summed E-state index contributed by atoms with van der Waals surface area (Å²) in [6, 6.07) is 28.5. The minimum atomic E-state index is -0.437. The van der Waals surface area contributed by atoms with Gasteiger partial charge in [0.2, 0.25) is 5.91 Å². The van der Waals surface area contributed by atoms with Crippen molar-refractivity contribution in [2.45, 2.75) is 25.3 Å². The summed E-state index contributed by atoms with van der Waals surface area (Å²) in [6.07, 6.45) is 4.58. The lowest BCUT2D eigenvalue weighted by Gasteiger charge is -2.18. The van der Waals surface area contributed by atoms with Crippen LogP contribution in [0, 0.1) is 5.82 Å². The number of carbonyl (C=O) groups is 1. The largest absolute Gasteiger partial charge is 0.497 e. The van der Waals surface area contributed by atoms with Crippen molar-refractivity contribution in [3.05, 3.63) is 132 Å². The van der Waals surface area contributed by atoms with Crippen molar-refractivity contribution in [1.82, 2.24) is 14.9 Å². The van der Waals surface area contributed by atoms with Gasteiger partial charge in [-0.2, -0.15) is 0 Å². The summed E-state index contributed by atoms with van der Waals surface area (Å²) in [5.74, 6) is -0.0690. The van der Waals surface area contributed by atoms with Gasteiger partial charge in [0.25, 0.3) is 0 Å². The van der Waals surface area contributed by atoms with Crippen LogP contribution < -0.4 is 10.1 Å². The van der Waals surface area contributed by atoms with Crippen molar-refractivity contribution >= 4 is 16.8 Å². The monoisotopic (exact) mass is 507 g/mol. The van der Waals surface area contributed by atoms with Gasteiger partial charge in [-0.05, 0) is 53.1 Å². The molecule has 1 atom stereocenters. The SMILES string of the molecule is COc1ccc(Cn2cc([C@@H](CC(=O)NCCc3ccccn3)c3ccccc3F)c3ccccc32)cc1. The molecule has 3 aromatic carbocycles. The van der Waals surface area contributed by atoms with Gasteiger partial charge in [-0.1, -0.05) is 54.6 Å². The molecule has 6 heteroatoms. The van der Waals surface area contributed by atoms with Gasteiger partial charge < -0.3 is 14.6 Å². The second-order valence-corrected chi connectivity index (χ2v) is 9.28. The van der Waals surface area contributed by atoms with E-state index in [4.69, 9.17) is 4.74 Å². The van der Waals surface area contributed by atoms with Crippen LogP contribution in [0.1, 0.15) is 34.7 Å². The van der Waals surface area contributed by atoms with E-state index in [1.165, 1.54) is 6.07 Å². The number of carbonyl (C=O) groups excluding carboxylic acids is 1. The van der Waals surface area contributed by atoms with Crippen LogP contribution in [-0.4, -0.2) is 29.1 Å². The summed E-state index contributed by atoms with van der Waals surface area (Å²) in [6.45, 7) is 1.11. The summed E-state index contributed by atoms with van der Waals surface area (Å²) in [5, 5.41) is 4.02. The first-order chi connectivity index (χ1) is 18.6. The first kappa shape index (κ1) is 25.2. The number of pyridine rings is 1. The van der Waals surface area contributed by atoms with Gasteiger partial charge in [0.1, 0.15) is 11.6 Å². The molecule has 2 heterocycles. The minimum Gasteiger partial charge on any atom is -0.497 e. The Balaban J connectivity index is 1.45. The molecule has 38 heavy (non-hydrogen) atoms. The average Bonchev–Trinajstić information content (AvgIpc) is 3.31. The molecule has 0 fully saturated rings. The third-order valence-electron chi connectivity index (χ3n) is 6.81. The molecule has 0 aliphatic carbocycles. The van der Waals surface area contributed by atoms with Crippen LogP contribution in [0.2, 0.25) is 0 Å². The fraction of sp³-hybridized carbons (Fsp3) is 0.188. The number of ether oxygens (including phenoxy) is 1. The topological polar surface area (TPSA) is 56.1 Å². The average molecular weight is 508 g/mol. The lowest BCUT2D eigenvalue weighted by atomic mass is 9.87. The number of fused-ring (bicyclic) bond motifs is 1. The van der Waals surface area contributed by atoms with E-state index in [0.29, 0.717) is 25.1 Å². The van der Waals surface area contributed by atoms with Crippen molar-refractivity contribution in [2.75, 3.05) is 13.7 Å². The van der Waals surface area contributed by atoms with Crippen LogP contribution in [0.5, 0.6) is 5.75 Å². The number of rotatable bonds is 10. The number of nitrogens with zero attached hydrogens (tertiary/aromatic N) is 2. The minimum absolute atomic E-state index is 0.124. The Morgan fingerprint density at radius 1 is 0.947 bits per heavy atom. The highest BCUT2D eigenvalue weighted by atomic mass is 19.1. The number of amides is 1. The van der Waals surface area contributed by atoms with Crippen LogP contribution in [-0.2, 0) is 17.8 Å². The predicted molar refractivity (Wildman–Crippen MR) is 148 cm³/mol. The van der Waals surface area contributed by atoms with E-state index in [9.17, 15) is 4.79 Å². The molecule has 0 unspecified atom stereocenters. The number of benzene rings is 3. The molecule has 192 valence electrons. The highest BCUT2D eigenvalue weighted by molar-refractivity contribution is 5.86. The summed E-state index contributed by atoms with van der Waals surface area (Å²) in [5.41, 5.74) is 4.52. The summed E-state index contributed by atoms with van der Waals surface area (Å²) in [7, 11) is 1.65. The Bertz CT molecular complexity index is 1510. The second kappa shape index (κ2) is 11.7. The van der Waals surface area contributed by atoms with Gasteiger partial charge in [-0.15, -0.1) is 0 Å². The molecule has 0 radical (unpaired) electrons. The molecule has 0 spiro atoms. The van der Waals surface area contributed by atoms with E-state index in [-0.39, 0.29) is 18.1 Å². The number of hydrogen-bond donors (Lipinski definition) is 1. The van der Waals surface area contributed by atoms with Gasteiger partial charge in [-0.25, -0.2) is 4.39 Å². The van der Waals surface area contributed by atoms with Crippen molar-refractivity contribution in [3.8, 4) is 5.75 Å². The molecule has 5 rings (SSSR count). The Morgan fingerprint density at radius 2 is 1.71 bits per heavy atom. The van der Waals surface area contributed by atoms with Crippen molar-refractivity contribution < 1.29 is 13.9 Å². The quantitative estimate of drug-likeness (QED) is 0.248. The predicted octanol–water partition coefficient (Wildman–Crippen LogP) is 6.11. The number of nitrogens with one attached hydrogen (secondary N) is 1. The maximum atomic E-state index is 15.1. The molecule has 5 nitrogen and oxygen atoms in total. The van der Waals surface area contributed by atoms with E-state index >= 15 is 4.39 Å². The van der Waals surface area contributed by atoms with Gasteiger partial charge in [0, 0.05) is 60.8 Å². The molecule has 0 aliphatic rings. The van der Waals surface area contributed by atoms with E-state index < -0.39 is 5.92 Å². The number of hydrogen-bond acceptors (Lipinski definition) is 3. The van der Waals surface area contributed by atoms with Crippen molar-refractivity contribution in [2.24, 2.45) is 0 Å². The summed E-state index contributed by atoms with van der Waals surface area (Å²) >= 11 is 0. The Labute approximate surface area is 221 Å². The zero-order valence-electron chi connectivity index (χ0n) is 21.3. The van der Waals surface area contributed by atoms with Gasteiger partial charge in [0.05, 0.1) is 7.11 Å². The van der Waals surface area contributed by atoms with E-state index in [0.717, 1.165) is 33.5 Å². The molecule has 5 aromatic rings. The first-order valence-corrected chi connectivity index (χ1v) is 12.7. The van der Waals surface area contributed by atoms with E-state index in [1.54, 1.807) is 25.4 Å². The van der Waals surface area contributed by atoms with Crippen LogP contribution in [0.4, 0.5) is 4.39 Å². The Kier molecular flexibility index (Phi) is 7.78. The fourth-order valence-electron chi connectivity index (χ4n) is 4.89. The Hall–Kier alpha value is -4.45. The standard InChI is InChI=1S/C32H30FN3O2/c1-38-25-15-13-23(14-16-25)21-36-22-29(27-10-3-5-12-31(27)36)28(26-9-2-4-11-30(26)33)20-32(37)35-19-17-24-8-6-7-18-34-24/h2-16,18,22,28H,17,19-21H2,1H3,(H,35,37)/t28-/m0/s1. The smallest absolute Gasteiger partial charge is 0.220 e. The lowest BCUT2D eigenvalue weighted by Crippen LogP contribution is -2.27. The molecule has 0 saturated carbocycles. The third kappa shape index (κ3) is 5.75. The maximum absolute atomic E-state index is 15.1. The molecule has 0 saturated heterocycles. The van der Waals surface area contributed by atoms with Crippen LogP contribution >= 0.6 is 0 Å². The molecule has 0 bridgehead atoms. The van der Waals surface area contributed by atoms with Crippen LogP contribution in [0.15, 0.2) is 103 Å². The van der Waals surface area contributed by atoms with Gasteiger partial charge in [0.15, 0.2) is 0 Å². The van der Waals surface area contributed by atoms with Gasteiger partial charge >= 0.3 is 0 Å². The zero-order valence-corrected chi connectivity index (χ0v) is 21.3. The summed E-state index contributed by atoms with van der Waals surface area (Å²) < 4.78 is 22.6. The zero-order chi connectivity index (χ0) is 26.3. The Morgan fingerprint density at radius 3 is 2.47 bits per heavy atom. The van der Waals surface area contributed by atoms with E-state index in [2.05, 4.69) is 27.1 Å². The lowest BCUT2D eigenvalue weighted by molar-refractivity contribution is -0.121. The molecule has 1 N–H and O–H groups in total. The highest BCUT2D eigenvalue weighted by Crippen LogP contribution is 2.36. The number of halogens is 1. The molecule has 1 amide bonds. The van der Waals surface area contributed by atoms with Crippen molar-refractivity contribution in [1.29, 1.82) is 0 Å². The summed E-state index contributed by atoms with van der Waals surface area (Å²) in [4.78, 5) is 17.4. The van der Waals surface area contributed by atoms with Gasteiger partial charge in [-0.3, -0.25) is 9.78 Å². The van der Waals surface area contributed by atoms with E-state index in [1.807, 2.05) is 66.7 Å². The second-order valence-electron chi connectivity index (χ2n) is 9.28. The third-order valence-corrected chi connectivity index (χ3v) is 6.81.